The van der Waals surface area contributed by atoms with E-state index in [1.54, 1.807) is 0 Å². The van der Waals surface area contributed by atoms with E-state index in [1.807, 2.05) is 0 Å². The molecule has 1 atom stereocenters. The molecule has 0 bridgehead atoms. The summed E-state index contributed by atoms with van der Waals surface area (Å²) in [7, 11) is 0. The Kier molecular flexibility index (Phi) is 5.79. The van der Waals surface area contributed by atoms with E-state index in [0.29, 0.717) is 12.5 Å². The minimum Gasteiger partial charge on any atom is -0.481 e. The van der Waals surface area contributed by atoms with Gasteiger partial charge in [-0.2, -0.15) is 0 Å². The quantitative estimate of drug-likeness (QED) is 0.654. The van der Waals surface area contributed by atoms with Crippen LogP contribution < -0.4 is 11.1 Å². The number of carboxylic acid groups (broad SMARTS) is 1. The van der Waals surface area contributed by atoms with Gasteiger partial charge in [0.15, 0.2) is 0 Å². The lowest BCUT2D eigenvalue weighted by Crippen LogP contribution is -2.52. The average Bonchev–Trinajstić information content (AvgIpc) is 2.72. The van der Waals surface area contributed by atoms with E-state index in [4.69, 9.17) is 10.8 Å². The van der Waals surface area contributed by atoms with E-state index >= 15 is 0 Å². The number of nitrogens with one attached hydrogen (secondary N) is 1. The fourth-order valence-corrected chi connectivity index (χ4v) is 2.80. The molecule has 1 saturated carbocycles. The maximum Gasteiger partial charge on any atom is 0.303 e. The van der Waals surface area contributed by atoms with Crippen molar-refractivity contribution in [2.24, 2.45) is 17.6 Å². The lowest BCUT2D eigenvalue weighted by atomic mass is 9.93. The summed E-state index contributed by atoms with van der Waals surface area (Å²) >= 11 is 0. The highest BCUT2D eigenvalue weighted by molar-refractivity contribution is 5.86. The predicted octanol–water partition coefficient (Wildman–Crippen LogP) is 1.51. The van der Waals surface area contributed by atoms with E-state index in [9.17, 15) is 9.59 Å². The van der Waals surface area contributed by atoms with Crippen molar-refractivity contribution < 1.29 is 14.7 Å². The fraction of sp³-hybridized carbons (Fsp3) is 0.857. The maximum absolute atomic E-state index is 12.1. The van der Waals surface area contributed by atoms with Crippen LogP contribution in [0.15, 0.2) is 0 Å². The van der Waals surface area contributed by atoms with Crippen molar-refractivity contribution in [2.75, 3.05) is 6.54 Å². The highest BCUT2D eigenvalue weighted by atomic mass is 16.4. The van der Waals surface area contributed by atoms with Crippen molar-refractivity contribution >= 4 is 11.9 Å². The first-order chi connectivity index (χ1) is 8.83. The molecule has 1 fully saturated rings. The molecule has 0 unspecified atom stereocenters. The summed E-state index contributed by atoms with van der Waals surface area (Å²) < 4.78 is 0. The lowest BCUT2D eigenvalue weighted by Gasteiger charge is -2.24. The Morgan fingerprint density at radius 3 is 2.37 bits per heavy atom. The number of carbonyl (C=O) groups excluding carboxylic acids is 1. The van der Waals surface area contributed by atoms with Gasteiger partial charge in [0.05, 0.1) is 5.54 Å². The van der Waals surface area contributed by atoms with Crippen LogP contribution in [0.3, 0.4) is 0 Å². The minimum atomic E-state index is -0.816. The first kappa shape index (κ1) is 16.0. The first-order valence-corrected chi connectivity index (χ1v) is 7.12. The highest BCUT2D eigenvalue weighted by Gasteiger charge is 2.37. The van der Waals surface area contributed by atoms with Crippen LogP contribution in [0.25, 0.3) is 0 Å². The summed E-state index contributed by atoms with van der Waals surface area (Å²) in [6.07, 6.45) is 4.34. The average molecular weight is 270 g/mol. The smallest absolute Gasteiger partial charge is 0.303 e. The summed E-state index contributed by atoms with van der Waals surface area (Å²) in [5, 5.41) is 11.7. The van der Waals surface area contributed by atoms with Crippen LogP contribution in [0.4, 0.5) is 0 Å². The molecule has 1 amide bonds. The zero-order valence-electron chi connectivity index (χ0n) is 11.9. The van der Waals surface area contributed by atoms with Crippen molar-refractivity contribution in [3.63, 3.8) is 0 Å². The standard InChI is InChI=1S/C14H26N2O3/c1-10(2)7-11(8-12(17)18)9-16-13(19)14(15)5-3-4-6-14/h10-11H,3-9,15H2,1-2H3,(H,16,19)(H,17,18)/t11-/m0/s1. The zero-order chi connectivity index (χ0) is 14.5. The maximum atomic E-state index is 12.1. The Bertz CT molecular complexity index is 323. The second-order valence-electron chi connectivity index (χ2n) is 6.17. The van der Waals surface area contributed by atoms with Crippen LogP contribution in [-0.2, 0) is 9.59 Å². The number of hydrogen-bond donors (Lipinski definition) is 3. The van der Waals surface area contributed by atoms with Crippen LogP contribution >= 0.6 is 0 Å². The number of rotatable bonds is 7. The highest BCUT2D eigenvalue weighted by Crippen LogP contribution is 2.27. The predicted molar refractivity (Wildman–Crippen MR) is 73.6 cm³/mol. The Morgan fingerprint density at radius 2 is 1.89 bits per heavy atom. The minimum absolute atomic E-state index is 0.0218. The van der Waals surface area contributed by atoms with Gasteiger partial charge in [-0.3, -0.25) is 9.59 Å². The van der Waals surface area contributed by atoms with E-state index < -0.39 is 11.5 Å². The molecule has 0 heterocycles. The molecule has 0 spiro atoms. The zero-order valence-corrected chi connectivity index (χ0v) is 11.9. The monoisotopic (exact) mass is 270 g/mol. The molecular weight excluding hydrogens is 244 g/mol. The number of carboxylic acids is 1. The SMILES string of the molecule is CC(C)C[C@H](CNC(=O)C1(N)CCCC1)CC(=O)O. The van der Waals surface area contributed by atoms with Crippen LogP contribution in [0.5, 0.6) is 0 Å². The molecule has 0 radical (unpaired) electrons. The van der Waals surface area contributed by atoms with E-state index in [1.165, 1.54) is 0 Å². The van der Waals surface area contributed by atoms with E-state index in [2.05, 4.69) is 19.2 Å². The van der Waals surface area contributed by atoms with Crippen molar-refractivity contribution in [1.82, 2.24) is 5.32 Å². The van der Waals surface area contributed by atoms with Crippen molar-refractivity contribution in [1.29, 1.82) is 0 Å². The van der Waals surface area contributed by atoms with Gasteiger partial charge in [-0.15, -0.1) is 0 Å². The van der Waals surface area contributed by atoms with Gasteiger partial charge in [-0.1, -0.05) is 26.7 Å². The van der Waals surface area contributed by atoms with Crippen molar-refractivity contribution in [2.45, 2.75) is 57.9 Å². The third-order valence-corrected chi connectivity index (χ3v) is 3.77. The molecule has 4 N–H and O–H groups in total. The molecule has 110 valence electrons. The molecule has 0 saturated heterocycles. The summed E-state index contributed by atoms with van der Waals surface area (Å²) in [6, 6.07) is 0. The van der Waals surface area contributed by atoms with Crippen molar-refractivity contribution in [3.8, 4) is 0 Å². The Morgan fingerprint density at radius 1 is 1.32 bits per heavy atom. The Balaban J connectivity index is 2.46. The third-order valence-electron chi connectivity index (χ3n) is 3.77. The van der Waals surface area contributed by atoms with Crippen molar-refractivity contribution in [3.05, 3.63) is 0 Å². The lowest BCUT2D eigenvalue weighted by molar-refractivity contribution is -0.138. The molecule has 0 aromatic carbocycles. The number of hydrogen-bond acceptors (Lipinski definition) is 3. The summed E-state index contributed by atoms with van der Waals surface area (Å²) in [5.74, 6) is -0.543. The van der Waals surface area contributed by atoms with Crippen LogP contribution in [0, 0.1) is 11.8 Å². The Labute approximate surface area is 114 Å². The molecule has 1 aliphatic rings. The summed E-state index contributed by atoms with van der Waals surface area (Å²) in [4.78, 5) is 22.9. The van der Waals surface area contributed by atoms with Crippen LogP contribution in [-0.4, -0.2) is 29.1 Å². The number of nitrogens with two attached hydrogens (primary N) is 1. The van der Waals surface area contributed by atoms with Crippen LogP contribution in [0.1, 0.15) is 52.4 Å². The van der Waals surface area contributed by atoms with Gasteiger partial charge >= 0.3 is 5.97 Å². The third kappa shape index (κ3) is 5.19. The van der Waals surface area contributed by atoms with Gasteiger partial charge in [0.2, 0.25) is 5.91 Å². The second-order valence-corrected chi connectivity index (χ2v) is 6.17. The number of amides is 1. The van der Waals surface area contributed by atoms with Gasteiger partial charge in [-0.05, 0) is 31.1 Å². The molecule has 1 rings (SSSR count). The first-order valence-electron chi connectivity index (χ1n) is 7.12. The molecule has 0 aromatic rings. The second kappa shape index (κ2) is 6.89. The Hall–Kier alpha value is -1.10. The molecule has 0 aliphatic heterocycles. The summed E-state index contributed by atoms with van der Waals surface area (Å²) in [5.41, 5.74) is 5.33. The van der Waals surface area contributed by atoms with E-state index in [-0.39, 0.29) is 18.2 Å². The van der Waals surface area contributed by atoms with Gasteiger partial charge < -0.3 is 16.2 Å². The molecule has 5 heteroatoms. The summed E-state index contributed by atoms with van der Waals surface area (Å²) in [6.45, 7) is 4.51. The molecule has 1 aliphatic carbocycles. The van der Waals surface area contributed by atoms with Gasteiger partial charge in [0.1, 0.15) is 0 Å². The topological polar surface area (TPSA) is 92.4 Å². The molecule has 19 heavy (non-hydrogen) atoms. The van der Waals surface area contributed by atoms with Gasteiger partial charge in [-0.25, -0.2) is 0 Å². The van der Waals surface area contributed by atoms with Gasteiger partial charge in [0, 0.05) is 13.0 Å². The fourth-order valence-electron chi connectivity index (χ4n) is 2.80. The number of aliphatic carboxylic acids is 1. The van der Waals surface area contributed by atoms with Gasteiger partial charge in [0.25, 0.3) is 0 Å². The molecular formula is C14H26N2O3. The molecule has 0 aromatic heterocycles. The number of carbonyl (C=O) groups is 2. The molecule has 5 nitrogen and oxygen atoms in total. The largest absolute Gasteiger partial charge is 0.481 e. The normalized spacial score (nSPS) is 19.4. The van der Waals surface area contributed by atoms with E-state index in [0.717, 1.165) is 32.1 Å². The van der Waals surface area contributed by atoms with Crippen LogP contribution in [0.2, 0.25) is 0 Å².